The van der Waals surface area contributed by atoms with Crippen LogP contribution < -0.4 is 10.2 Å². The van der Waals surface area contributed by atoms with E-state index in [2.05, 4.69) is 94.2 Å². The zero-order chi connectivity index (χ0) is 23.1. The number of thiocarbonyl (C=S) groups is 1. The van der Waals surface area contributed by atoms with E-state index < -0.39 is 0 Å². The highest BCUT2D eigenvalue weighted by Gasteiger charge is 2.42. The number of hydrogen-bond donors (Lipinski definition) is 1. The molecule has 1 saturated heterocycles. The van der Waals surface area contributed by atoms with Crippen molar-refractivity contribution in [3.05, 3.63) is 95.6 Å². The van der Waals surface area contributed by atoms with E-state index in [0.29, 0.717) is 11.0 Å². The van der Waals surface area contributed by atoms with E-state index in [1.54, 1.807) is 12.7 Å². The quantitative estimate of drug-likeness (QED) is 0.438. The van der Waals surface area contributed by atoms with Gasteiger partial charge in [0.1, 0.15) is 12.7 Å². The van der Waals surface area contributed by atoms with Crippen LogP contribution in [0.25, 0.3) is 0 Å². The molecule has 4 aromatic rings. The van der Waals surface area contributed by atoms with Crippen molar-refractivity contribution in [2.45, 2.75) is 45.7 Å². The fourth-order valence-corrected chi connectivity index (χ4v) is 5.05. The Morgan fingerprint density at radius 2 is 1.73 bits per heavy atom. The summed E-state index contributed by atoms with van der Waals surface area (Å²) in [6.45, 7) is 8.63. The summed E-state index contributed by atoms with van der Waals surface area (Å²) >= 11 is 5.88. The zero-order valence-corrected chi connectivity index (χ0v) is 20.0. The van der Waals surface area contributed by atoms with E-state index in [1.165, 1.54) is 11.1 Å². The number of aromatic nitrogens is 5. The Morgan fingerprint density at radius 1 is 1.00 bits per heavy atom. The summed E-state index contributed by atoms with van der Waals surface area (Å²) in [7, 11) is 0. The Bertz CT molecular complexity index is 1260. The van der Waals surface area contributed by atoms with Gasteiger partial charge in [-0.05, 0) is 67.9 Å². The minimum Gasteiger partial charge on any atom is -0.351 e. The van der Waals surface area contributed by atoms with Crippen molar-refractivity contribution < 1.29 is 0 Å². The summed E-state index contributed by atoms with van der Waals surface area (Å²) < 4.78 is 4.01. The number of nitrogens with zero attached hydrogens (tertiary/aromatic N) is 6. The monoisotopic (exact) mass is 457 g/mol. The molecule has 33 heavy (non-hydrogen) atoms. The van der Waals surface area contributed by atoms with Gasteiger partial charge in [0.25, 0.3) is 0 Å². The third kappa shape index (κ3) is 3.70. The van der Waals surface area contributed by atoms with Crippen LogP contribution in [0.5, 0.6) is 0 Å². The van der Waals surface area contributed by atoms with Gasteiger partial charge >= 0.3 is 0 Å². The van der Waals surface area contributed by atoms with Crippen molar-refractivity contribution in [1.29, 1.82) is 0 Å². The molecule has 1 aromatic carbocycles. The number of aryl methyl sites for hydroxylation is 1. The van der Waals surface area contributed by atoms with Crippen LogP contribution in [0.3, 0.4) is 0 Å². The molecule has 1 aliphatic heterocycles. The first-order valence-corrected chi connectivity index (χ1v) is 11.5. The van der Waals surface area contributed by atoms with E-state index in [0.717, 1.165) is 22.8 Å². The van der Waals surface area contributed by atoms with Gasteiger partial charge in [-0.15, -0.1) is 10.2 Å². The Hall–Kier alpha value is -3.52. The predicted octanol–water partition coefficient (Wildman–Crippen LogP) is 4.70. The fourth-order valence-electron chi connectivity index (χ4n) is 4.70. The van der Waals surface area contributed by atoms with Crippen LogP contribution in [-0.2, 0) is 0 Å². The van der Waals surface area contributed by atoms with Crippen molar-refractivity contribution in [1.82, 2.24) is 29.9 Å². The number of benzene rings is 1. The molecule has 8 heteroatoms. The van der Waals surface area contributed by atoms with Gasteiger partial charge in [-0.25, -0.2) is 4.68 Å². The van der Waals surface area contributed by atoms with Crippen LogP contribution in [0.4, 0.5) is 5.69 Å². The molecule has 0 unspecified atom stereocenters. The Labute approximate surface area is 199 Å². The number of pyridine rings is 1. The van der Waals surface area contributed by atoms with Gasteiger partial charge in [-0.2, -0.15) is 0 Å². The molecule has 168 valence electrons. The number of hydrogen-bond acceptors (Lipinski definition) is 4. The lowest BCUT2D eigenvalue weighted by Gasteiger charge is -2.28. The molecule has 1 fully saturated rings. The molecule has 5 rings (SSSR count). The minimum atomic E-state index is -0.0849. The maximum absolute atomic E-state index is 5.88. The molecule has 1 N–H and O–H groups in total. The maximum atomic E-state index is 5.88. The van der Waals surface area contributed by atoms with Crippen LogP contribution in [0.15, 0.2) is 67.4 Å². The first-order valence-electron chi connectivity index (χ1n) is 11.1. The molecule has 0 spiro atoms. The number of nitrogens with one attached hydrogen (secondary N) is 1. The normalized spacial score (nSPS) is 18.2. The van der Waals surface area contributed by atoms with Crippen molar-refractivity contribution >= 4 is 23.0 Å². The molecule has 3 aromatic heterocycles. The van der Waals surface area contributed by atoms with Gasteiger partial charge in [0, 0.05) is 28.8 Å². The van der Waals surface area contributed by atoms with Gasteiger partial charge in [0.2, 0.25) is 0 Å². The average molecular weight is 458 g/mol. The Balaban J connectivity index is 1.65. The van der Waals surface area contributed by atoms with Crippen molar-refractivity contribution in [3.63, 3.8) is 0 Å². The lowest BCUT2D eigenvalue weighted by Crippen LogP contribution is -2.29. The molecule has 2 atom stereocenters. The minimum absolute atomic E-state index is 0.0614. The van der Waals surface area contributed by atoms with Crippen molar-refractivity contribution in [2.24, 2.45) is 0 Å². The first-order chi connectivity index (χ1) is 16.0. The third-order valence-electron chi connectivity index (χ3n) is 6.33. The van der Waals surface area contributed by atoms with E-state index in [-0.39, 0.29) is 12.1 Å². The molecule has 0 amide bonds. The lowest BCUT2D eigenvalue weighted by molar-refractivity contribution is 0.557. The molecule has 0 aliphatic carbocycles. The summed E-state index contributed by atoms with van der Waals surface area (Å²) in [4.78, 5) is 6.88. The second-order valence-corrected chi connectivity index (χ2v) is 9.11. The standard InChI is InChI=1S/C25H27N7S/c1-16(2)19-8-10-20(11-9-19)31-24(23(29-25(31)33)22-7-5-6-12-26-22)21-13-17(3)32(18(21)4)30-14-27-28-15-30/h5-16,23-24H,1-4H3,(H,29,33)/t23-,24-/m1/s1. The third-order valence-corrected chi connectivity index (χ3v) is 6.64. The highest BCUT2D eigenvalue weighted by molar-refractivity contribution is 7.80. The summed E-state index contributed by atoms with van der Waals surface area (Å²) in [6, 6.07) is 16.8. The largest absolute Gasteiger partial charge is 0.351 e. The van der Waals surface area contributed by atoms with Gasteiger partial charge in [0.05, 0.1) is 17.8 Å². The van der Waals surface area contributed by atoms with Crippen molar-refractivity contribution in [3.8, 4) is 0 Å². The molecule has 4 heterocycles. The molecule has 7 nitrogen and oxygen atoms in total. The second-order valence-electron chi connectivity index (χ2n) is 8.72. The highest BCUT2D eigenvalue weighted by atomic mass is 32.1. The van der Waals surface area contributed by atoms with Gasteiger partial charge < -0.3 is 10.2 Å². The van der Waals surface area contributed by atoms with Gasteiger partial charge in [-0.3, -0.25) is 9.66 Å². The molecular weight excluding hydrogens is 430 g/mol. The Kier molecular flexibility index (Phi) is 5.46. The summed E-state index contributed by atoms with van der Waals surface area (Å²) in [5.74, 6) is 0.475. The van der Waals surface area contributed by atoms with Crippen LogP contribution in [-0.4, -0.2) is 29.6 Å². The lowest BCUT2D eigenvalue weighted by atomic mass is 9.96. The van der Waals surface area contributed by atoms with Crippen LogP contribution >= 0.6 is 12.2 Å². The van der Waals surface area contributed by atoms with Gasteiger partial charge in [0.15, 0.2) is 5.11 Å². The van der Waals surface area contributed by atoms with Gasteiger partial charge in [-0.1, -0.05) is 32.0 Å². The number of anilines is 1. The zero-order valence-electron chi connectivity index (χ0n) is 19.2. The molecule has 0 bridgehead atoms. The summed E-state index contributed by atoms with van der Waals surface area (Å²) in [5.41, 5.74) is 6.70. The van der Waals surface area contributed by atoms with E-state index in [4.69, 9.17) is 12.2 Å². The SMILES string of the molecule is Cc1cc([C@@H]2[C@@H](c3ccccn3)NC(=S)N2c2ccc(C(C)C)cc2)c(C)n1-n1cnnc1. The van der Waals surface area contributed by atoms with Crippen LogP contribution in [0, 0.1) is 13.8 Å². The highest BCUT2D eigenvalue weighted by Crippen LogP contribution is 2.43. The maximum Gasteiger partial charge on any atom is 0.174 e. The van der Waals surface area contributed by atoms with E-state index in [9.17, 15) is 0 Å². The van der Waals surface area contributed by atoms with Crippen LogP contribution in [0.1, 0.15) is 60.1 Å². The first kappa shape index (κ1) is 21.3. The smallest absolute Gasteiger partial charge is 0.174 e. The second kappa shape index (κ2) is 8.44. The fraction of sp³-hybridized carbons (Fsp3) is 0.280. The summed E-state index contributed by atoms with van der Waals surface area (Å²) in [6.07, 6.45) is 5.25. The topological polar surface area (TPSA) is 63.8 Å². The predicted molar refractivity (Wildman–Crippen MR) is 133 cm³/mol. The average Bonchev–Trinajstić information content (AvgIpc) is 3.52. The molecule has 0 saturated carbocycles. The van der Waals surface area contributed by atoms with Crippen molar-refractivity contribution in [2.75, 3.05) is 4.90 Å². The Morgan fingerprint density at radius 3 is 2.36 bits per heavy atom. The molecule has 0 radical (unpaired) electrons. The van der Waals surface area contributed by atoms with Crippen LogP contribution in [0.2, 0.25) is 0 Å². The van der Waals surface area contributed by atoms with E-state index >= 15 is 0 Å². The van der Waals surface area contributed by atoms with E-state index in [1.807, 2.05) is 23.0 Å². The molecular formula is C25H27N7S. The number of rotatable bonds is 5. The molecule has 1 aliphatic rings. The summed E-state index contributed by atoms with van der Waals surface area (Å²) in [5, 5.41) is 12.2.